The summed E-state index contributed by atoms with van der Waals surface area (Å²) < 4.78 is 21.0. The molecule has 1 N–H and O–H groups in total. The first kappa shape index (κ1) is 21.0. The number of cyclic esters (lactones) is 1. The van der Waals surface area contributed by atoms with Crippen LogP contribution >= 0.6 is 0 Å². The molecule has 2 aromatic carbocycles. The Balaban J connectivity index is 1.94. The average molecular weight is 420 g/mol. The van der Waals surface area contributed by atoms with E-state index in [-0.39, 0.29) is 24.6 Å². The van der Waals surface area contributed by atoms with Crippen molar-refractivity contribution in [2.45, 2.75) is 44.8 Å². The number of carbonyl (C=O) groups excluding carboxylic acids is 1. The SMILES string of the molecule is C=C(c1c(C(C)C)nn(-c2ccccc2)c1-c1ccc(F)cc1)[C@H]1C[C@H](O)CC(=O)O1. The Morgan fingerprint density at radius 2 is 1.87 bits per heavy atom. The van der Waals surface area contributed by atoms with Crippen LogP contribution in [0.3, 0.4) is 0 Å². The Morgan fingerprint density at radius 3 is 2.48 bits per heavy atom. The predicted octanol–water partition coefficient (Wildman–Crippen LogP) is 4.88. The highest BCUT2D eigenvalue weighted by molar-refractivity contribution is 5.84. The second-order valence-corrected chi connectivity index (χ2v) is 8.12. The average Bonchev–Trinajstić information content (AvgIpc) is 3.14. The van der Waals surface area contributed by atoms with E-state index in [1.165, 1.54) is 12.1 Å². The summed E-state index contributed by atoms with van der Waals surface area (Å²) in [5, 5.41) is 15.0. The Labute approximate surface area is 180 Å². The molecule has 31 heavy (non-hydrogen) atoms. The molecule has 6 heteroatoms. The highest BCUT2D eigenvalue weighted by atomic mass is 19.1. The maximum Gasteiger partial charge on any atom is 0.309 e. The molecule has 0 unspecified atom stereocenters. The van der Waals surface area contributed by atoms with Crippen LogP contribution in [0.1, 0.15) is 43.9 Å². The third-order valence-corrected chi connectivity index (χ3v) is 5.45. The fourth-order valence-electron chi connectivity index (χ4n) is 3.94. The molecular weight excluding hydrogens is 395 g/mol. The van der Waals surface area contributed by atoms with E-state index in [1.807, 2.05) is 48.9 Å². The van der Waals surface area contributed by atoms with Gasteiger partial charge in [-0.15, -0.1) is 0 Å². The van der Waals surface area contributed by atoms with E-state index < -0.39 is 18.2 Å². The zero-order valence-corrected chi connectivity index (χ0v) is 17.6. The van der Waals surface area contributed by atoms with Gasteiger partial charge in [-0.25, -0.2) is 9.07 Å². The lowest BCUT2D eigenvalue weighted by molar-refractivity contribution is -0.155. The first-order valence-electron chi connectivity index (χ1n) is 10.4. The normalized spacial score (nSPS) is 18.8. The summed E-state index contributed by atoms with van der Waals surface area (Å²) >= 11 is 0. The Bertz CT molecular complexity index is 1100. The van der Waals surface area contributed by atoms with E-state index in [1.54, 1.807) is 12.1 Å². The molecule has 2 atom stereocenters. The number of halogens is 1. The quantitative estimate of drug-likeness (QED) is 0.598. The highest BCUT2D eigenvalue weighted by Crippen LogP contribution is 2.39. The largest absolute Gasteiger partial charge is 0.457 e. The second-order valence-electron chi connectivity index (χ2n) is 8.12. The molecule has 3 aromatic rings. The lowest BCUT2D eigenvalue weighted by Crippen LogP contribution is -2.33. The number of hydrogen-bond donors (Lipinski definition) is 1. The van der Waals surface area contributed by atoms with Crippen molar-refractivity contribution < 1.29 is 19.0 Å². The number of esters is 1. The number of carbonyl (C=O) groups is 1. The molecular formula is C25H25FN2O3. The molecule has 0 aliphatic carbocycles. The monoisotopic (exact) mass is 420 g/mol. The molecule has 1 fully saturated rings. The number of aliphatic hydroxyl groups is 1. The predicted molar refractivity (Wildman–Crippen MR) is 117 cm³/mol. The standard InChI is InChI=1S/C25H25FN2O3/c1-15(2)24-23(16(3)21-13-20(29)14-22(30)31-21)25(17-9-11-18(26)12-10-17)28(27-24)19-7-5-4-6-8-19/h4-12,15,20-21,29H,3,13-14H2,1-2H3/t20-,21+/m0/s1. The number of nitrogens with zero attached hydrogens (tertiary/aromatic N) is 2. The molecule has 0 bridgehead atoms. The van der Waals surface area contributed by atoms with Crippen molar-refractivity contribution in [2.24, 2.45) is 0 Å². The van der Waals surface area contributed by atoms with E-state index >= 15 is 0 Å². The number of rotatable bonds is 5. The minimum absolute atomic E-state index is 0.0189. The van der Waals surface area contributed by atoms with Crippen LogP contribution in [0.15, 0.2) is 61.2 Å². The Morgan fingerprint density at radius 1 is 1.19 bits per heavy atom. The summed E-state index contributed by atoms with van der Waals surface area (Å²) in [4.78, 5) is 12.0. The topological polar surface area (TPSA) is 64.3 Å². The van der Waals surface area contributed by atoms with E-state index in [4.69, 9.17) is 9.84 Å². The van der Waals surface area contributed by atoms with Gasteiger partial charge in [-0.2, -0.15) is 5.10 Å². The third-order valence-electron chi connectivity index (χ3n) is 5.45. The van der Waals surface area contributed by atoms with E-state index in [0.717, 1.165) is 28.2 Å². The molecule has 160 valence electrons. The van der Waals surface area contributed by atoms with Gasteiger partial charge in [0.25, 0.3) is 0 Å². The maximum absolute atomic E-state index is 13.7. The molecule has 1 aliphatic rings. The fraction of sp³-hybridized carbons (Fsp3) is 0.280. The van der Waals surface area contributed by atoms with Crippen LogP contribution in [0.5, 0.6) is 0 Å². The van der Waals surface area contributed by atoms with Crippen molar-refractivity contribution in [2.75, 3.05) is 0 Å². The Kier molecular flexibility index (Phi) is 5.74. The molecule has 2 heterocycles. The summed E-state index contributed by atoms with van der Waals surface area (Å²) in [6, 6.07) is 15.9. The number of aromatic nitrogens is 2. The smallest absolute Gasteiger partial charge is 0.309 e. The molecule has 1 saturated heterocycles. The molecule has 5 nitrogen and oxygen atoms in total. The molecule has 1 aromatic heterocycles. The first-order valence-corrected chi connectivity index (χ1v) is 10.4. The molecule has 0 radical (unpaired) electrons. The van der Waals surface area contributed by atoms with Crippen molar-refractivity contribution in [3.05, 3.63) is 78.3 Å². The molecule has 0 amide bonds. The van der Waals surface area contributed by atoms with Gasteiger partial charge in [-0.1, -0.05) is 38.6 Å². The summed E-state index contributed by atoms with van der Waals surface area (Å²) in [6.45, 7) is 8.32. The summed E-state index contributed by atoms with van der Waals surface area (Å²) in [6.07, 6.45) is -1.17. The van der Waals surface area contributed by atoms with Crippen molar-refractivity contribution >= 4 is 11.5 Å². The molecule has 0 spiro atoms. The van der Waals surface area contributed by atoms with E-state index in [2.05, 4.69) is 6.58 Å². The van der Waals surface area contributed by atoms with Gasteiger partial charge < -0.3 is 9.84 Å². The summed E-state index contributed by atoms with van der Waals surface area (Å²) in [5.74, 6) is -0.724. The first-order chi connectivity index (χ1) is 14.8. The van der Waals surface area contributed by atoms with Gasteiger partial charge >= 0.3 is 5.97 Å². The maximum atomic E-state index is 13.7. The number of aliphatic hydroxyl groups excluding tert-OH is 1. The van der Waals surface area contributed by atoms with Crippen molar-refractivity contribution in [1.29, 1.82) is 0 Å². The van der Waals surface area contributed by atoms with E-state index in [0.29, 0.717) is 5.57 Å². The van der Waals surface area contributed by atoms with Crippen molar-refractivity contribution in [3.63, 3.8) is 0 Å². The van der Waals surface area contributed by atoms with Crippen LogP contribution in [-0.2, 0) is 9.53 Å². The number of para-hydroxylation sites is 1. The van der Waals surface area contributed by atoms with Gasteiger partial charge in [0.1, 0.15) is 11.9 Å². The van der Waals surface area contributed by atoms with Gasteiger partial charge in [0.2, 0.25) is 0 Å². The summed E-state index contributed by atoms with van der Waals surface area (Å²) in [5.41, 5.74) is 4.50. The van der Waals surface area contributed by atoms with Crippen LogP contribution in [-0.4, -0.2) is 33.1 Å². The zero-order valence-electron chi connectivity index (χ0n) is 17.6. The second kappa shape index (κ2) is 8.47. The van der Waals surface area contributed by atoms with E-state index in [9.17, 15) is 14.3 Å². The lowest BCUT2D eigenvalue weighted by atomic mass is 9.89. The fourth-order valence-corrected chi connectivity index (χ4v) is 3.94. The molecule has 0 saturated carbocycles. The van der Waals surface area contributed by atoms with Crippen LogP contribution < -0.4 is 0 Å². The zero-order chi connectivity index (χ0) is 22.1. The number of ether oxygens (including phenoxy) is 1. The molecule has 4 rings (SSSR count). The van der Waals surface area contributed by atoms with Crippen molar-refractivity contribution in [3.8, 4) is 16.9 Å². The lowest BCUT2D eigenvalue weighted by Gasteiger charge is -2.28. The van der Waals surface area contributed by atoms with Gasteiger partial charge in [0.15, 0.2) is 0 Å². The van der Waals surface area contributed by atoms with Crippen LogP contribution in [0.2, 0.25) is 0 Å². The highest BCUT2D eigenvalue weighted by Gasteiger charge is 2.34. The van der Waals surface area contributed by atoms with Gasteiger partial charge in [-0.3, -0.25) is 4.79 Å². The third kappa shape index (κ3) is 4.16. The van der Waals surface area contributed by atoms with Crippen LogP contribution in [0.4, 0.5) is 4.39 Å². The Hall–Kier alpha value is -3.25. The number of hydrogen-bond acceptors (Lipinski definition) is 4. The van der Waals surface area contributed by atoms with Gasteiger partial charge in [0.05, 0.1) is 29.6 Å². The minimum Gasteiger partial charge on any atom is -0.457 e. The minimum atomic E-state index is -0.774. The van der Waals surface area contributed by atoms with Crippen molar-refractivity contribution in [1.82, 2.24) is 9.78 Å². The molecule has 1 aliphatic heterocycles. The summed E-state index contributed by atoms with van der Waals surface area (Å²) in [7, 11) is 0. The van der Waals surface area contributed by atoms with Crippen LogP contribution in [0, 0.1) is 5.82 Å². The van der Waals surface area contributed by atoms with Crippen LogP contribution in [0.25, 0.3) is 22.5 Å². The number of benzene rings is 2. The van der Waals surface area contributed by atoms with Gasteiger partial charge in [0, 0.05) is 17.5 Å². The van der Waals surface area contributed by atoms with Gasteiger partial charge in [-0.05, 0) is 47.9 Å².